The lowest BCUT2D eigenvalue weighted by Crippen LogP contribution is -2.44. The number of aryl methyl sites for hydroxylation is 1. The van der Waals surface area contributed by atoms with Gasteiger partial charge in [-0.1, -0.05) is 40.7 Å². The number of carbonyl (C=O) groups is 1. The van der Waals surface area contributed by atoms with Gasteiger partial charge >= 0.3 is 0 Å². The minimum absolute atomic E-state index is 0.0814. The van der Waals surface area contributed by atoms with Crippen LogP contribution in [0, 0.1) is 18.6 Å². The van der Waals surface area contributed by atoms with Crippen LogP contribution in [-0.4, -0.2) is 14.1 Å². The third-order valence-corrected chi connectivity index (χ3v) is 10.7. The van der Waals surface area contributed by atoms with Crippen molar-refractivity contribution in [1.82, 2.24) is 0 Å². The molecule has 0 saturated heterocycles. The molecule has 0 spiro atoms. The zero-order chi connectivity index (χ0) is 21.2. The quantitative estimate of drug-likeness (QED) is 0.534. The number of hydrogen-bond acceptors (Lipinski definition) is 2. The molecule has 2 aromatic carbocycles. The molecule has 0 fully saturated rings. The average Bonchev–Trinajstić information content (AvgIpc) is 2.55. The van der Waals surface area contributed by atoms with Crippen molar-refractivity contribution in [3.05, 3.63) is 63.7 Å². The summed E-state index contributed by atoms with van der Waals surface area (Å²) in [6.45, 7) is 16.0. The van der Waals surface area contributed by atoms with E-state index >= 15 is 0 Å². The maximum Gasteiger partial charge on any atom is 0.250 e. The molecule has 0 aromatic heterocycles. The van der Waals surface area contributed by atoms with Crippen molar-refractivity contribution >= 4 is 14.1 Å². The van der Waals surface area contributed by atoms with Crippen molar-refractivity contribution in [3.8, 4) is 5.75 Å². The Morgan fingerprint density at radius 2 is 1.43 bits per heavy atom. The minimum Gasteiger partial charge on any atom is -0.542 e. The summed E-state index contributed by atoms with van der Waals surface area (Å²) in [4.78, 5) is 13.0. The van der Waals surface area contributed by atoms with Crippen LogP contribution in [0.3, 0.4) is 0 Å². The smallest absolute Gasteiger partial charge is 0.250 e. The molecule has 0 aliphatic heterocycles. The van der Waals surface area contributed by atoms with E-state index in [4.69, 9.17) is 4.43 Å². The maximum absolute atomic E-state index is 14.9. The molecule has 3 rings (SSSR count). The van der Waals surface area contributed by atoms with Crippen LogP contribution in [0.15, 0.2) is 24.3 Å². The summed E-state index contributed by atoms with van der Waals surface area (Å²) in [7, 11) is -2.25. The van der Waals surface area contributed by atoms with Gasteiger partial charge in [0.2, 0.25) is 0 Å². The number of rotatable bonds is 2. The van der Waals surface area contributed by atoms with E-state index in [1.165, 1.54) is 12.1 Å². The average molecular weight is 403 g/mol. The Kier molecular flexibility index (Phi) is 4.62. The molecule has 5 heteroatoms. The highest BCUT2D eigenvalue weighted by Crippen LogP contribution is 2.45. The van der Waals surface area contributed by atoms with Gasteiger partial charge in [-0.2, -0.15) is 0 Å². The second-order valence-corrected chi connectivity index (χ2v) is 14.5. The van der Waals surface area contributed by atoms with Gasteiger partial charge in [0.05, 0.1) is 0 Å². The summed E-state index contributed by atoms with van der Waals surface area (Å²) in [5.41, 5.74) is 1.97. The lowest BCUT2D eigenvalue weighted by molar-refractivity contribution is 0.103. The van der Waals surface area contributed by atoms with Gasteiger partial charge in [0, 0.05) is 16.5 Å². The van der Waals surface area contributed by atoms with E-state index in [9.17, 15) is 13.6 Å². The number of hydrogen-bond donors (Lipinski definition) is 0. The summed E-state index contributed by atoms with van der Waals surface area (Å²) in [5.74, 6) is -1.14. The molecule has 0 unspecified atom stereocenters. The molecule has 0 saturated carbocycles. The van der Waals surface area contributed by atoms with Gasteiger partial charge in [0.25, 0.3) is 8.32 Å². The number of benzene rings is 2. The summed E-state index contributed by atoms with van der Waals surface area (Å²) < 4.78 is 35.2. The van der Waals surface area contributed by atoms with Gasteiger partial charge in [0.15, 0.2) is 11.6 Å². The Labute approximate surface area is 167 Å². The molecule has 0 N–H and O–H groups in total. The molecule has 2 aromatic rings. The first kappa shape index (κ1) is 20.7. The predicted molar refractivity (Wildman–Crippen MR) is 111 cm³/mol. The number of halogens is 2. The Morgan fingerprint density at radius 1 is 0.929 bits per heavy atom. The zero-order valence-corrected chi connectivity index (χ0v) is 18.9. The van der Waals surface area contributed by atoms with E-state index in [-0.39, 0.29) is 22.1 Å². The Bertz CT molecular complexity index is 985. The van der Waals surface area contributed by atoms with Gasteiger partial charge in [-0.05, 0) is 59.9 Å². The molecule has 2 nitrogen and oxygen atoms in total. The zero-order valence-electron chi connectivity index (χ0n) is 17.9. The van der Waals surface area contributed by atoms with Crippen LogP contribution in [0.2, 0.25) is 18.1 Å². The van der Waals surface area contributed by atoms with E-state index in [0.717, 1.165) is 5.56 Å². The summed E-state index contributed by atoms with van der Waals surface area (Å²) in [5, 5.41) is -0.0814. The molecule has 0 radical (unpaired) electrons. The second kappa shape index (κ2) is 6.24. The monoisotopic (exact) mass is 402 g/mol. The number of fused-ring (bicyclic) bond motifs is 2. The number of carbonyl (C=O) groups excluding carboxylic acids is 1. The second-order valence-electron chi connectivity index (χ2n) is 9.79. The van der Waals surface area contributed by atoms with E-state index in [2.05, 4.69) is 33.9 Å². The van der Waals surface area contributed by atoms with Crippen LogP contribution in [0.4, 0.5) is 8.78 Å². The standard InChI is InChI=1S/C23H28F2O2Si/c1-13-9-16-14(10-18(13)24)21(26)15-11-19(25)20(12-17(15)23(16,5)6)27-28(7,8)22(2,3)4/h9-12H,1-8H3. The minimum atomic E-state index is -2.25. The van der Waals surface area contributed by atoms with Gasteiger partial charge in [-0.15, -0.1) is 0 Å². The van der Waals surface area contributed by atoms with Gasteiger partial charge < -0.3 is 4.43 Å². The van der Waals surface area contributed by atoms with Crippen molar-refractivity contribution in [2.75, 3.05) is 0 Å². The molecule has 1 aliphatic carbocycles. The van der Waals surface area contributed by atoms with E-state index in [1.807, 2.05) is 13.8 Å². The first-order valence-corrected chi connectivity index (χ1v) is 12.5. The van der Waals surface area contributed by atoms with Crippen LogP contribution in [-0.2, 0) is 5.41 Å². The topological polar surface area (TPSA) is 26.3 Å². The van der Waals surface area contributed by atoms with E-state index in [0.29, 0.717) is 16.7 Å². The largest absolute Gasteiger partial charge is 0.542 e. The van der Waals surface area contributed by atoms with Crippen LogP contribution in [0.25, 0.3) is 0 Å². The van der Waals surface area contributed by atoms with Crippen molar-refractivity contribution in [3.63, 3.8) is 0 Å². The Hall–Kier alpha value is -2.01. The molecule has 0 atom stereocenters. The fraction of sp³-hybridized carbons (Fsp3) is 0.435. The van der Waals surface area contributed by atoms with Crippen molar-refractivity contribution in [2.45, 2.75) is 65.1 Å². The maximum atomic E-state index is 14.9. The SMILES string of the molecule is Cc1cc2c(cc1F)C(=O)c1cc(F)c(O[Si](C)(C)C(C)(C)C)cc1C2(C)C. The molecule has 150 valence electrons. The normalized spacial score (nSPS) is 15.9. The highest BCUT2D eigenvalue weighted by Gasteiger charge is 2.42. The van der Waals surface area contributed by atoms with Crippen molar-refractivity contribution in [2.24, 2.45) is 0 Å². The first-order chi connectivity index (χ1) is 12.7. The van der Waals surface area contributed by atoms with Gasteiger partial charge in [-0.3, -0.25) is 4.79 Å². The third-order valence-electron chi connectivity index (χ3n) is 6.38. The lowest BCUT2D eigenvalue weighted by atomic mass is 9.68. The van der Waals surface area contributed by atoms with Crippen molar-refractivity contribution in [1.29, 1.82) is 0 Å². The fourth-order valence-electron chi connectivity index (χ4n) is 3.44. The van der Waals surface area contributed by atoms with E-state index in [1.54, 1.807) is 19.1 Å². The molecule has 1 aliphatic rings. The molecule has 0 bridgehead atoms. The fourth-order valence-corrected chi connectivity index (χ4v) is 4.45. The molecule has 0 amide bonds. The summed E-state index contributed by atoms with van der Waals surface area (Å²) >= 11 is 0. The summed E-state index contributed by atoms with van der Waals surface area (Å²) in [6.07, 6.45) is 0. The molecular formula is C23H28F2O2Si. The van der Waals surface area contributed by atoms with Gasteiger partial charge in [-0.25, -0.2) is 8.78 Å². The Balaban J connectivity index is 2.19. The highest BCUT2D eigenvalue weighted by molar-refractivity contribution is 6.74. The lowest BCUT2D eigenvalue weighted by Gasteiger charge is -2.38. The Morgan fingerprint density at radius 3 is 1.96 bits per heavy atom. The van der Waals surface area contributed by atoms with Gasteiger partial charge in [0.1, 0.15) is 11.6 Å². The molecular weight excluding hydrogens is 374 g/mol. The predicted octanol–water partition coefficient (Wildman–Crippen LogP) is 6.53. The summed E-state index contributed by atoms with van der Waals surface area (Å²) in [6, 6.07) is 5.92. The van der Waals surface area contributed by atoms with E-state index < -0.39 is 25.4 Å². The highest BCUT2D eigenvalue weighted by atomic mass is 28.4. The van der Waals surface area contributed by atoms with Crippen LogP contribution < -0.4 is 4.43 Å². The molecule has 0 heterocycles. The third kappa shape index (κ3) is 3.10. The van der Waals surface area contributed by atoms with Crippen LogP contribution in [0.1, 0.15) is 67.2 Å². The molecule has 28 heavy (non-hydrogen) atoms. The number of ketones is 1. The van der Waals surface area contributed by atoms with Crippen LogP contribution >= 0.6 is 0 Å². The van der Waals surface area contributed by atoms with Crippen molar-refractivity contribution < 1.29 is 18.0 Å². The van der Waals surface area contributed by atoms with Crippen LogP contribution in [0.5, 0.6) is 5.75 Å². The first-order valence-electron chi connectivity index (χ1n) is 9.55.